The number of pyridine rings is 1. The largest absolute Gasteiger partial charge is 0.481 e. The summed E-state index contributed by atoms with van der Waals surface area (Å²) in [7, 11) is 0. The van der Waals surface area contributed by atoms with Gasteiger partial charge >= 0.3 is 5.97 Å². The van der Waals surface area contributed by atoms with Crippen molar-refractivity contribution < 1.29 is 19.4 Å². The van der Waals surface area contributed by atoms with Crippen molar-refractivity contribution in [3.05, 3.63) is 28.5 Å². The van der Waals surface area contributed by atoms with Crippen molar-refractivity contribution in [1.29, 1.82) is 0 Å². The number of rotatable bonds is 3. The van der Waals surface area contributed by atoms with Crippen molar-refractivity contribution in [2.24, 2.45) is 0 Å². The van der Waals surface area contributed by atoms with Crippen molar-refractivity contribution in [2.45, 2.75) is 12.5 Å². The number of morpholine rings is 1. The molecular formula is C12H13BrN2O4. The van der Waals surface area contributed by atoms with Gasteiger partial charge in [-0.1, -0.05) is 0 Å². The number of carbonyl (C=O) groups is 2. The number of hydrogen-bond acceptors (Lipinski definition) is 4. The zero-order valence-corrected chi connectivity index (χ0v) is 11.7. The van der Waals surface area contributed by atoms with Crippen molar-refractivity contribution in [1.82, 2.24) is 9.88 Å². The topological polar surface area (TPSA) is 79.7 Å². The summed E-state index contributed by atoms with van der Waals surface area (Å²) in [5.41, 5.74) is 0.526. The van der Waals surface area contributed by atoms with Crippen LogP contribution in [0.25, 0.3) is 0 Å². The predicted octanol–water partition coefficient (Wildman–Crippen LogP) is 1.16. The third-order valence-corrected chi connectivity index (χ3v) is 3.24. The van der Waals surface area contributed by atoms with Gasteiger partial charge in [-0.05, 0) is 28.1 Å². The van der Waals surface area contributed by atoms with E-state index in [1.807, 2.05) is 0 Å². The molecule has 1 saturated heterocycles. The van der Waals surface area contributed by atoms with Crippen LogP contribution >= 0.6 is 15.9 Å². The molecule has 1 aromatic rings. The molecule has 0 aromatic carbocycles. The lowest BCUT2D eigenvalue weighted by Gasteiger charge is -2.32. The summed E-state index contributed by atoms with van der Waals surface area (Å²) < 4.78 is 5.92. The number of halogens is 1. The van der Waals surface area contributed by atoms with Gasteiger partial charge in [0.05, 0.1) is 19.1 Å². The first-order valence-electron chi connectivity index (χ1n) is 5.80. The van der Waals surface area contributed by atoms with Gasteiger partial charge in [0.1, 0.15) is 4.60 Å². The Bertz CT molecular complexity index is 494. The van der Waals surface area contributed by atoms with Crippen LogP contribution in [-0.4, -0.2) is 52.7 Å². The minimum atomic E-state index is -0.925. The second kappa shape index (κ2) is 6.12. The van der Waals surface area contributed by atoms with E-state index in [1.54, 1.807) is 23.2 Å². The van der Waals surface area contributed by atoms with Gasteiger partial charge in [0, 0.05) is 24.8 Å². The van der Waals surface area contributed by atoms with Crippen molar-refractivity contribution >= 4 is 27.8 Å². The minimum Gasteiger partial charge on any atom is -0.481 e. The van der Waals surface area contributed by atoms with E-state index < -0.39 is 12.1 Å². The van der Waals surface area contributed by atoms with Gasteiger partial charge in [0.15, 0.2) is 0 Å². The van der Waals surface area contributed by atoms with E-state index in [0.717, 1.165) is 0 Å². The summed E-state index contributed by atoms with van der Waals surface area (Å²) in [6.45, 7) is 1.12. The molecule has 102 valence electrons. The second-order valence-corrected chi connectivity index (χ2v) is 5.02. The molecule has 1 aliphatic rings. The molecule has 2 heterocycles. The number of carboxylic acid groups (broad SMARTS) is 1. The first-order valence-corrected chi connectivity index (χ1v) is 6.60. The molecular weight excluding hydrogens is 316 g/mol. The summed E-state index contributed by atoms with van der Waals surface area (Å²) in [6.07, 6.45) is 1.01. The molecule has 7 heteroatoms. The Morgan fingerprint density at radius 3 is 3.05 bits per heavy atom. The van der Waals surface area contributed by atoms with Crippen LogP contribution in [0.4, 0.5) is 0 Å². The van der Waals surface area contributed by atoms with E-state index in [9.17, 15) is 9.59 Å². The molecule has 0 bridgehead atoms. The number of amides is 1. The lowest BCUT2D eigenvalue weighted by molar-refractivity contribution is -0.141. The molecule has 1 aromatic heterocycles. The van der Waals surface area contributed by atoms with Gasteiger partial charge in [-0.25, -0.2) is 4.98 Å². The summed E-state index contributed by atoms with van der Waals surface area (Å²) in [6, 6.07) is 3.28. The van der Waals surface area contributed by atoms with Crippen molar-refractivity contribution in [2.75, 3.05) is 19.7 Å². The molecule has 19 heavy (non-hydrogen) atoms. The molecule has 0 saturated carbocycles. The first-order chi connectivity index (χ1) is 9.06. The third kappa shape index (κ3) is 3.74. The SMILES string of the molecule is O=C(O)CC1CN(C(=O)c2ccnc(Br)c2)CCO1. The van der Waals surface area contributed by atoms with E-state index >= 15 is 0 Å². The maximum Gasteiger partial charge on any atom is 0.306 e. The molecule has 6 nitrogen and oxygen atoms in total. The molecule has 2 rings (SSSR count). The molecule has 1 aliphatic heterocycles. The van der Waals surface area contributed by atoms with Crippen LogP contribution < -0.4 is 0 Å². The zero-order valence-electron chi connectivity index (χ0n) is 10.1. The zero-order chi connectivity index (χ0) is 13.8. The molecule has 1 N–H and O–H groups in total. The Kier molecular flexibility index (Phi) is 4.49. The molecule has 0 radical (unpaired) electrons. The normalized spacial score (nSPS) is 19.2. The monoisotopic (exact) mass is 328 g/mol. The molecule has 1 amide bonds. The van der Waals surface area contributed by atoms with Crippen molar-refractivity contribution in [3.8, 4) is 0 Å². The second-order valence-electron chi connectivity index (χ2n) is 4.21. The van der Waals surface area contributed by atoms with Crippen LogP contribution in [0, 0.1) is 0 Å². The number of aliphatic carboxylic acids is 1. The summed E-state index contributed by atoms with van der Waals surface area (Å²) >= 11 is 3.21. The smallest absolute Gasteiger partial charge is 0.306 e. The van der Waals surface area contributed by atoms with Crippen LogP contribution in [-0.2, 0) is 9.53 Å². The van der Waals surface area contributed by atoms with Gasteiger partial charge in [0.25, 0.3) is 5.91 Å². The van der Waals surface area contributed by atoms with Gasteiger partial charge in [-0.2, -0.15) is 0 Å². The fourth-order valence-electron chi connectivity index (χ4n) is 1.94. The quantitative estimate of drug-likeness (QED) is 0.842. The Morgan fingerprint density at radius 2 is 2.37 bits per heavy atom. The van der Waals surface area contributed by atoms with Crippen molar-refractivity contribution in [3.63, 3.8) is 0 Å². The molecule has 1 atom stereocenters. The number of carbonyl (C=O) groups excluding carboxylic acids is 1. The number of nitrogens with zero attached hydrogens (tertiary/aromatic N) is 2. The fraction of sp³-hybridized carbons (Fsp3) is 0.417. The Balaban J connectivity index is 2.04. The molecule has 1 fully saturated rings. The highest BCUT2D eigenvalue weighted by Gasteiger charge is 2.26. The number of hydrogen-bond donors (Lipinski definition) is 1. The van der Waals surface area contributed by atoms with Crippen LogP contribution in [0.2, 0.25) is 0 Å². The highest BCUT2D eigenvalue weighted by Crippen LogP contribution is 2.14. The predicted molar refractivity (Wildman–Crippen MR) is 69.8 cm³/mol. The van der Waals surface area contributed by atoms with Crippen LogP contribution in [0.1, 0.15) is 16.8 Å². The maximum absolute atomic E-state index is 12.3. The number of aromatic nitrogens is 1. The van der Waals surface area contributed by atoms with E-state index in [4.69, 9.17) is 9.84 Å². The van der Waals surface area contributed by atoms with Gasteiger partial charge in [0.2, 0.25) is 0 Å². The Hall–Kier alpha value is -1.47. The van der Waals surface area contributed by atoms with E-state index in [-0.39, 0.29) is 12.3 Å². The lowest BCUT2D eigenvalue weighted by atomic mass is 10.1. The van der Waals surface area contributed by atoms with E-state index in [0.29, 0.717) is 29.9 Å². The third-order valence-electron chi connectivity index (χ3n) is 2.80. The minimum absolute atomic E-state index is 0.0934. The Labute approximate surface area is 118 Å². The lowest BCUT2D eigenvalue weighted by Crippen LogP contribution is -2.46. The fourth-order valence-corrected chi connectivity index (χ4v) is 2.30. The molecule has 0 spiro atoms. The highest BCUT2D eigenvalue weighted by atomic mass is 79.9. The van der Waals surface area contributed by atoms with E-state index in [1.165, 1.54) is 0 Å². The molecule has 0 aliphatic carbocycles. The average Bonchev–Trinajstić information content (AvgIpc) is 2.37. The van der Waals surface area contributed by atoms with Gasteiger partial charge in [-0.15, -0.1) is 0 Å². The standard InChI is InChI=1S/C12H13BrN2O4/c13-10-5-8(1-2-14-10)12(18)15-3-4-19-9(7-15)6-11(16)17/h1-2,5,9H,3-4,6-7H2,(H,16,17). The van der Waals surface area contributed by atoms with Gasteiger partial charge in [-0.3, -0.25) is 9.59 Å². The average molecular weight is 329 g/mol. The first kappa shape index (κ1) is 14.0. The van der Waals surface area contributed by atoms with Crippen LogP contribution in [0.5, 0.6) is 0 Å². The Morgan fingerprint density at radius 1 is 1.58 bits per heavy atom. The summed E-state index contributed by atoms with van der Waals surface area (Å²) in [5.74, 6) is -1.06. The number of carboxylic acids is 1. The maximum atomic E-state index is 12.3. The number of ether oxygens (including phenoxy) is 1. The van der Waals surface area contributed by atoms with E-state index in [2.05, 4.69) is 20.9 Å². The van der Waals surface area contributed by atoms with Crippen LogP contribution in [0.15, 0.2) is 22.9 Å². The summed E-state index contributed by atoms with van der Waals surface area (Å²) in [4.78, 5) is 28.5. The highest BCUT2D eigenvalue weighted by molar-refractivity contribution is 9.10. The summed E-state index contributed by atoms with van der Waals surface area (Å²) in [5, 5.41) is 8.75. The molecule has 1 unspecified atom stereocenters. The van der Waals surface area contributed by atoms with Gasteiger partial charge < -0.3 is 14.7 Å². The van der Waals surface area contributed by atoms with Crippen LogP contribution in [0.3, 0.4) is 0 Å².